The molecule has 0 saturated carbocycles. The molecule has 2 aliphatic rings. The molecule has 0 radical (unpaired) electrons. The molecule has 0 aliphatic carbocycles. The van der Waals surface area contributed by atoms with Gasteiger partial charge in [0.05, 0.1) is 18.8 Å². The van der Waals surface area contributed by atoms with Gasteiger partial charge in [0.2, 0.25) is 0 Å². The van der Waals surface area contributed by atoms with Crippen LogP contribution >= 0.6 is 0 Å². The molecule has 1 aromatic rings. The highest BCUT2D eigenvalue weighted by molar-refractivity contribution is 5.73. The molecule has 7 nitrogen and oxygen atoms in total. The number of carbonyl (C=O) groups is 1. The summed E-state index contributed by atoms with van der Waals surface area (Å²) in [6.45, 7) is 3.78. The highest BCUT2D eigenvalue weighted by atomic mass is 16.5. The molecule has 0 bridgehead atoms. The normalized spacial score (nSPS) is 21.7. The smallest absolute Gasteiger partial charge is 0.316 e. The summed E-state index contributed by atoms with van der Waals surface area (Å²) in [5.41, 5.74) is 2.22. The average Bonchev–Trinajstić information content (AvgIpc) is 2.96. The van der Waals surface area contributed by atoms with Gasteiger partial charge in [-0.25, -0.2) is 4.79 Å². The second-order valence-electron chi connectivity index (χ2n) is 6.51. The minimum absolute atomic E-state index is 0.109. The maximum Gasteiger partial charge on any atom is 0.316 e. The van der Waals surface area contributed by atoms with Crippen LogP contribution in [-0.4, -0.2) is 61.2 Å². The van der Waals surface area contributed by atoms with Gasteiger partial charge in [-0.2, -0.15) is 5.10 Å². The van der Waals surface area contributed by atoms with Gasteiger partial charge in [0.15, 0.2) is 0 Å². The highest BCUT2D eigenvalue weighted by Gasteiger charge is 2.26. The Balaban J connectivity index is 1.63. The van der Waals surface area contributed by atoms with Crippen LogP contribution in [0.15, 0.2) is 6.20 Å². The number of carbonyl (C=O) groups excluding carboxylic acids is 1. The van der Waals surface area contributed by atoms with Crippen molar-refractivity contribution in [2.75, 3.05) is 40.5 Å². The van der Waals surface area contributed by atoms with Gasteiger partial charge in [0, 0.05) is 40.1 Å². The van der Waals surface area contributed by atoms with Crippen LogP contribution in [0.4, 0.5) is 4.79 Å². The van der Waals surface area contributed by atoms with Gasteiger partial charge in [-0.15, -0.1) is 0 Å². The molecule has 0 spiro atoms. The van der Waals surface area contributed by atoms with E-state index in [-0.39, 0.29) is 12.1 Å². The topological polar surface area (TPSA) is 68.6 Å². The molecule has 1 saturated heterocycles. The van der Waals surface area contributed by atoms with Gasteiger partial charge in [-0.3, -0.25) is 4.68 Å². The zero-order valence-corrected chi connectivity index (χ0v) is 14.0. The minimum atomic E-state index is -0.154. The van der Waals surface area contributed by atoms with Crippen molar-refractivity contribution < 1.29 is 14.3 Å². The summed E-state index contributed by atoms with van der Waals surface area (Å²) in [6.07, 6.45) is 5.08. The van der Waals surface area contributed by atoms with Crippen LogP contribution < -0.4 is 5.32 Å². The zero-order valence-electron chi connectivity index (χ0n) is 14.0. The van der Waals surface area contributed by atoms with Crippen LogP contribution in [0.25, 0.3) is 0 Å². The third kappa shape index (κ3) is 4.03. The van der Waals surface area contributed by atoms with E-state index in [0.717, 1.165) is 44.7 Å². The number of nitrogens with one attached hydrogen (secondary N) is 1. The number of amides is 2. The molecule has 2 aliphatic heterocycles. The van der Waals surface area contributed by atoms with Crippen LogP contribution in [0.3, 0.4) is 0 Å². The first-order valence-corrected chi connectivity index (χ1v) is 8.34. The van der Waals surface area contributed by atoms with Crippen LogP contribution in [0.5, 0.6) is 0 Å². The van der Waals surface area contributed by atoms with Crippen LogP contribution in [0.2, 0.25) is 0 Å². The lowest BCUT2D eigenvalue weighted by atomic mass is 10.0. The van der Waals surface area contributed by atoms with Crippen molar-refractivity contribution in [3.63, 3.8) is 0 Å². The van der Waals surface area contributed by atoms with E-state index in [1.54, 1.807) is 14.1 Å². The minimum Gasteiger partial charge on any atom is -0.381 e. The molecular weight excluding hydrogens is 296 g/mol. The van der Waals surface area contributed by atoms with Gasteiger partial charge in [0.1, 0.15) is 6.10 Å². The molecule has 7 heteroatoms. The van der Waals surface area contributed by atoms with Crippen molar-refractivity contribution in [3.8, 4) is 0 Å². The fourth-order valence-corrected chi connectivity index (χ4v) is 3.11. The lowest BCUT2D eigenvalue weighted by Gasteiger charge is -2.23. The molecule has 128 valence electrons. The fourth-order valence-electron chi connectivity index (χ4n) is 3.11. The Morgan fingerprint density at radius 3 is 2.91 bits per heavy atom. The molecule has 1 atom stereocenters. The van der Waals surface area contributed by atoms with Gasteiger partial charge >= 0.3 is 6.03 Å². The van der Waals surface area contributed by atoms with E-state index in [0.29, 0.717) is 19.1 Å². The summed E-state index contributed by atoms with van der Waals surface area (Å²) < 4.78 is 13.3. The first-order valence-electron chi connectivity index (χ1n) is 8.34. The van der Waals surface area contributed by atoms with E-state index in [1.807, 2.05) is 0 Å². The zero-order chi connectivity index (χ0) is 16.2. The summed E-state index contributed by atoms with van der Waals surface area (Å²) >= 11 is 0. The molecule has 3 heterocycles. The van der Waals surface area contributed by atoms with Crippen molar-refractivity contribution >= 4 is 6.03 Å². The number of nitrogens with zero attached hydrogens (tertiary/aromatic N) is 3. The Kier molecular flexibility index (Phi) is 5.17. The summed E-state index contributed by atoms with van der Waals surface area (Å²) in [5.74, 6) is 0.637. The van der Waals surface area contributed by atoms with Gasteiger partial charge in [0.25, 0.3) is 0 Å². The Labute approximate surface area is 136 Å². The standard InChI is InChI=1S/C16H26N4O3/c1-19(2)16(21)17-9-14-15-13(5-8-23-14)11-20(18-15)10-12-3-6-22-7-4-12/h11-12,14H,3-10H2,1-2H3,(H,17,21)/t14-/m1/s1. The van der Waals surface area contributed by atoms with Crippen molar-refractivity contribution in [2.24, 2.45) is 5.92 Å². The number of urea groups is 1. The van der Waals surface area contributed by atoms with E-state index in [9.17, 15) is 4.79 Å². The van der Waals surface area contributed by atoms with E-state index < -0.39 is 0 Å². The van der Waals surface area contributed by atoms with Crippen LogP contribution in [0.1, 0.15) is 30.2 Å². The van der Waals surface area contributed by atoms with E-state index >= 15 is 0 Å². The number of hydrogen-bond donors (Lipinski definition) is 1. The van der Waals surface area contributed by atoms with Crippen molar-refractivity contribution in [2.45, 2.75) is 31.9 Å². The van der Waals surface area contributed by atoms with E-state index in [2.05, 4.69) is 16.2 Å². The molecule has 1 fully saturated rings. The summed E-state index contributed by atoms with van der Waals surface area (Å²) in [6, 6.07) is -0.109. The number of rotatable bonds is 4. The second-order valence-corrected chi connectivity index (χ2v) is 6.51. The molecule has 0 aromatic carbocycles. The van der Waals surface area contributed by atoms with Crippen molar-refractivity contribution in [1.82, 2.24) is 20.0 Å². The van der Waals surface area contributed by atoms with E-state index in [4.69, 9.17) is 14.6 Å². The highest BCUT2D eigenvalue weighted by Crippen LogP contribution is 2.26. The van der Waals surface area contributed by atoms with Crippen molar-refractivity contribution in [3.05, 3.63) is 17.5 Å². The summed E-state index contributed by atoms with van der Waals surface area (Å²) in [5, 5.41) is 7.61. The number of hydrogen-bond acceptors (Lipinski definition) is 4. The molecular formula is C16H26N4O3. The molecule has 3 rings (SSSR count). The van der Waals surface area contributed by atoms with Gasteiger partial charge in [-0.05, 0) is 30.7 Å². The third-order valence-electron chi connectivity index (χ3n) is 4.50. The number of ether oxygens (including phenoxy) is 2. The lowest BCUT2D eigenvalue weighted by Crippen LogP contribution is -2.38. The molecule has 0 unspecified atom stereocenters. The third-order valence-corrected chi connectivity index (χ3v) is 4.50. The molecule has 1 aromatic heterocycles. The SMILES string of the molecule is CN(C)C(=O)NC[C@H]1OCCc2cn(CC3CCOCC3)nc21. The Hall–Kier alpha value is -1.60. The summed E-state index contributed by atoms with van der Waals surface area (Å²) in [4.78, 5) is 13.2. The fraction of sp³-hybridized carbons (Fsp3) is 0.750. The Bertz CT molecular complexity index is 537. The molecule has 2 amide bonds. The van der Waals surface area contributed by atoms with Crippen LogP contribution in [0, 0.1) is 5.92 Å². The van der Waals surface area contributed by atoms with E-state index in [1.165, 1.54) is 10.5 Å². The van der Waals surface area contributed by atoms with Crippen molar-refractivity contribution in [1.29, 1.82) is 0 Å². The summed E-state index contributed by atoms with van der Waals surface area (Å²) in [7, 11) is 3.45. The number of aromatic nitrogens is 2. The Morgan fingerprint density at radius 1 is 1.39 bits per heavy atom. The first kappa shape index (κ1) is 16.3. The average molecular weight is 322 g/mol. The molecule has 1 N–H and O–H groups in total. The van der Waals surface area contributed by atoms with Crippen LogP contribution in [-0.2, 0) is 22.4 Å². The quantitative estimate of drug-likeness (QED) is 0.904. The molecule has 23 heavy (non-hydrogen) atoms. The second kappa shape index (κ2) is 7.31. The lowest BCUT2D eigenvalue weighted by molar-refractivity contribution is 0.0400. The largest absolute Gasteiger partial charge is 0.381 e. The maximum atomic E-state index is 11.7. The maximum absolute atomic E-state index is 11.7. The monoisotopic (exact) mass is 322 g/mol. The number of fused-ring (bicyclic) bond motifs is 1. The first-order chi connectivity index (χ1) is 11.1. The van der Waals surface area contributed by atoms with Gasteiger partial charge < -0.3 is 19.7 Å². The predicted octanol–water partition coefficient (Wildman–Crippen LogP) is 1.19. The van der Waals surface area contributed by atoms with Gasteiger partial charge in [-0.1, -0.05) is 0 Å². The Morgan fingerprint density at radius 2 is 2.17 bits per heavy atom. The predicted molar refractivity (Wildman–Crippen MR) is 85.3 cm³/mol.